The highest BCUT2D eigenvalue weighted by molar-refractivity contribution is 6.00. The van der Waals surface area contributed by atoms with Gasteiger partial charge in [0.25, 0.3) is 0 Å². The number of Topliss-reactive ketones (excluding diaryl/α,β-unsaturated/α-hetero) is 1. The van der Waals surface area contributed by atoms with Crippen molar-refractivity contribution in [3.63, 3.8) is 0 Å². The third-order valence-corrected chi connectivity index (χ3v) is 6.36. The zero-order chi connectivity index (χ0) is 22.0. The number of ketones is 1. The second-order valence-electron chi connectivity index (χ2n) is 8.35. The van der Waals surface area contributed by atoms with Crippen molar-refractivity contribution in [2.24, 2.45) is 17.6 Å². The fraction of sp³-hybridized carbons (Fsp3) is 0.308. The van der Waals surface area contributed by atoms with Crippen LogP contribution in [0.5, 0.6) is 5.75 Å². The Balaban J connectivity index is 1.49. The molecule has 0 fully saturated rings. The Morgan fingerprint density at radius 1 is 1.23 bits per heavy atom. The SMILES string of the molecule is COc1ccc2c(c1)CCC(CC1C=CN(Cc3ccccc3C)C=C1C(N)=O)C2=O. The van der Waals surface area contributed by atoms with Gasteiger partial charge in [0.2, 0.25) is 5.91 Å². The van der Waals surface area contributed by atoms with E-state index in [9.17, 15) is 9.59 Å². The third kappa shape index (κ3) is 4.41. The first-order chi connectivity index (χ1) is 15.0. The second-order valence-corrected chi connectivity index (χ2v) is 8.35. The van der Waals surface area contributed by atoms with Crippen LogP contribution in [0.2, 0.25) is 0 Å². The summed E-state index contributed by atoms with van der Waals surface area (Å²) in [6.07, 6.45) is 8.03. The second kappa shape index (κ2) is 8.80. The molecule has 2 unspecified atom stereocenters. The number of nitrogens with zero attached hydrogens (tertiary/aromatic N) is 1. The first-order valence-electron chi connectivity index (χ1n) is 10.7. The van der Waals surface area contributed by atoms with Gasteiger partial charge in [0.1, 0.15) is 5.75 Å². The van der Waals surface area contributed by atoms with Crippen molar-refractivity contribution in [2.75, 3.05) is 7.11 Å². The lowest BCUT2D eigenvalue weighted by Crippen LogP contribution is -2.30. The molecule has 5 heteroatoms. The molecule has 0 saturated heterocycles. The number of benzene rings is 2. The number of nitrogens with two attached hydrogens (primary N) is 1. The number of allylic oxidation sites excluding steroid dienone is 1. The van der Waals surface area contributed by atoms with Gasteiger partial charge in [0.05, 0.1) is 7.11 Å². The van der Waals surface area contributed by atoms with Crippen molar-refractivity contribution in [1.29, 1.82) is 0 Å². The summed E-state index contributed by atoms with van der Waals surface area (Å²) in [7, 11) is 1.63. The van der Waals surface area contributed by atoms with Crippen LogP contribution >= 0.6 is 0 Å². The summed E-state index contributed by atoms with van der Waals surface area (Å²) in [5, 5.41) is 0. The number of methoxy groups -OCH3 is 1. The molecule has 0 radical (unpaired) electrons. The van der Waals surface area contributed by atoms with Gasteiger partial charge in [-0.25, -0.2) is 0 Å². The van der Waals surface area contributed by atoms with Crippen molar-refractivity contribution in [3.8, 4) is 5.75 Å². The van der Waals surface area contributed by atoms with E-state index in [-0.39, 0.29) is 17.6 Å². The van der Waals surface area contributed by atoms with Gasteiger partial charge in [-0.1, -0.05) is 30.3 Å². The molecule has 2 aromatic rings. The van der Waals surface area contributed by atoms with Crippen LogP contribution in [0.3, 0.4) is 0 Å². The Morgan fingerprint density at radius 2 is 2.03 bits per heavy atom. The first-order valence-corrected chi connectivity index (χ1v) is 10.7. The van der Waals surface area contributed by atoms with E-state index in [1.165, 1.54) is 11.1 Å². The highest BCUT2D eigenvalue weighted by Crippen LogP contribution is 2.35. The van der Waals surface area contributed by atoms with Gasteiger partial charge in [0, 0.05) is 41.9 Å². The van der Waals surface area contributed by atoms with E-state index in [1.54, 1.807) is 7.11 Å². The largest absolute Gasteiger partial charge is 0.497 e. The average molecular weight is 417 g/mol. The summed E-state index contributed by atoms with van der Waals surface area (Å²) >= 11 is 0. The third-order valence-electron chi connectivity index (χ3n) is 6.36. The van der Waals surface area contributed by atoms with Crippen LogP contribution in [0.1, 0.15) is 39.9 Å². The van der Waals surface area contributed by atoms with Crippen LogP contribution in [0.15, 0.2) is 66.5 Å². The molecule has 0 bridgehead atoms. The molecule has 1 aliphatic carbocycles. The lowest BCUT2D eigenvalue weighted by atomic mass is 9.76. The number of carbonyl (C=O) groups is 2. The number of amides is 1. The molecule has 2 atom stereocenters. The first kappa shape index (κ1) is 20.9. The molecular formula is C26H28N2O3. The van der Waals surface area contributed by atoms with Crippen molar-refractivity contribution < 1.29 is 14.3 Å². The van der Waals surface area contributed by atoms with Gasteiger partial charge in [-0.3, -0.25) is 9.59 Å². The predicted octanol–water partition coefficient (Wildman–Crippen LogP) is 4.15. The molecule has 5 nitrogen and oxygen atoms in total. The number of fused-ring (bicyclic) bond motifs is 1. The van der Waals surface area contributed by atoms with E-state index in [4.69, 9.17) is 10.5 Å². The minimum absolute atomic E-state index is 0.124. The molecular weight excluding hydrogens is 388 g/mol. The Labute approximate surface area is 183 Å². The lowest BCUT2D eigenvalue weighted by molar-refractivity contribution is -0.115. The summed E-state index contributed by atoms with van der Waals surface area (Å²) in [6, 6.07) is 13.8. The van der Waals surface area contributed by atoms with E-state index in [0.29, 0.717) is 18.5 Å². The zero-order valence-corrected chi connectivity index (χ0v) is 18.0. The fourth-order valence-electron chi connectivity index (χ4n) is 4.53. The zero-order valence-electron chi connectivity index (χ0n) is 18.0. The standard InChI is InChI=1S/C26H28N2O3/c1-17-5-3-4-6-21(17)15-28-12-11-19(24(16-28)26(27)30)13-20-8-7-18-14-22(31-2)9-10-23(18)25(20)29/h3-6,9-12,14,16,19-20H,7-8,13,15H2,1-2H3,(H2,27,30). The molecule has 31 heavy (non-hydrogen) atoms. The van der Waals surface area contributed by atoms with Crippen molar-refractivity contribution in [1.82, 2.24) is 4.90 Å². The van der Waals surface area contributed by atoms with E-state index in [2.05, 4.69) is 19.1 Å². The molecule has 160 valence electrons. The minimum atomic E-state index is -0.433. The maximum atomic E-state index is 13.1. The Morgan fingerprint density at radius 3 is 2.77 bits per heavy atom. The number of carbonyl (C=O) groups excluding carboxylic acids is 2. The molecule has 1 aliphatic heterocycles. The molecule has 4 rings (SSSR count). The predicted molar refractivity (Wildman–Crippen MR) is 120 cm³/mol. The molecule has 1 heterocycles. The van der Waals surface area contributed by atoms with Gasteiger partial charge in [-0.05, 0) is 61.1 Å². The van der Waals surface area contributed by atoms with Crippen molar-refractivity contribution >= 4 is 11.7 Å². The van der Waals surface area contributed by atoms with Crippen LogP contribution in [-0.2, 0) is 17.8 Å². The van der Waals surface area contributed by atoms with Crippen molar-refractivity contribution in [3.05, 3.63) is 88.8 Å². The van der Waals surface area contributed by atoms with Gasteiger partial charge in [0.15, 0.2) is 5.78 Å². The number of primary amides is 1. The Hall–Kier alpha value is -3.34. The van der Waals surface area contributed by atoms with Crippen LogP contribution in [-0.4, -0.2) is 23.7 Å². The topological polar surface area (TPSA) is 72.6 Å². The average Bonchev–Trinajstić information content (AvgIpc) is 2.77. The minimum Gasteiger partial charge on any atom is -0.497 e. The summed E-state index contributed by atoms with van der Waals surface area (Å²) in [6.45, 7) is 2.75. The molecule has 1 amide bonds. The Kier molecular flexibility index (Phi) is 5.94. The van der Waals surface area contributed by atoms with Crippen LogP contribution in [0.4, 0.5) is 0 Å². The van der Waals surface area contributed by atoms with Gasteiger partial charge < -0.3 is 15.4 Å². The van der Waals surface area contributed by atoms with Crippen LogP contribution in [0, 0.1) is 18.8 Å². The number of aryl methyl sites for hydroxylation is 2. The molecule has 2 N–H and O–H groups in total. The molecule has 2 aliphatic rings. The Bertz CT molecular complexity index is 1070. The van der Waals surface area contributed by atoms with E-state index in [1.807, 2.05) is 53.7 Å². The number of ether oxygens (including phenoxy) is 1. The summed E-state index contributed by atoms with van der Waals surface area (Å²) < 4.78 is 5.28. The number of hydrogen-bond donors (Lipinski definition) is 1. The summed E-state index contributed by atoms with van der Waals surface area (Å²) in [4.78, 5) is 27.3. The normalized spacial score (nSPS) is 20.3. The van der Waals surface area contributed by atoms with Gasteiger partial charge >= 0.3 is 0 Å². The fourth-order valence-corrected chi connectivity index (χ4v) is 4.53. The summed E-state index contributed by atoms with van der Waals surface area (Å²) in [5.41, 5.74) is 10.5. The highest BCUT2D eigenvalue weighted by Gasteiger charge is 2.32. The van der Waals surface area contributed by atoms with Gasteiger partial charge in [-0.15, -0.1) is 0 Å². The van der Waals surface area contributed by atoms with E-state index in [0.717, 1.165) is 29.7 Å². The highest BCUT2D eigenvalue weighted by atomic mass is 16.5. The smallest absolute Gasteiger partial charge is 0.246 e. The quantitative estimate of drug-likeness (QED) is 0.768. The lowest BCUT2D eigenvalue weighted by Gasteiger charge is -2.30. The number of hydrogen-bond acceptors (Lipinski definition) is 4. The van der Waals surface area contributed by atoms with Crippen molar-refractivity contribution in [2.45, 2.75) is 32.7 Å². The number of rotatable bonds is 6. The van der Waals surface area contributed by atoms with Crippen LogP contribution in [0.25, 0.3) is 0 Å². The van der Waals surface area contributed by atoms with E-state index < -0.39 is 5.91 Å². The molecule has 2 aromatic carbocycles. The monoisotopic (exact) mass is 416 g/mol. The van der Waals surface area contributed by atoms with Gasteiger partial charge in [-0.2, -0.15) is 0 Å². The molecule has 0 spiro atoms. The maximum absolute atomic E-state index is 13.1. The molecule has 0 aromatic heterocycles. The summed E-state index contributed by atoms with van der Waals surface area (Å²) in [5.74, 6) is 0.203. The maximum Gasteiger partial charge on any atom is 0.246 e. The van der Waals surface area contributed by atoms with Crippen LogP contribution < -0.4 is 10.5 Å². The molecule has 0 saturated carbocycles. The van der Waals surface area contributed by atoms with E-state index >= 15 is 0 Å².